The van der Waals surface area contributed by atoms with Crippen LogP contribution in [-0.4, -0.2) is 85.8 Å². The van der Waals surface area contributed by atoms with Gasteiger partial charge in [-0.3, -0.25) is 9.69 Å². The van der Waals surface area contributed by atoms with E-state index in [4.69, 9.17) is 9.84 Å². The number of rotatable bonds is 6. The van der Waals surface area contributed by atoms with Gasteiger partial charge in [-0.05, 0) is 37.6 Å². The van der Waals surface area contributed by atoms with Crippen LogP contribution in [0.4, 0.5) is 15.8 Å². The number of halogens is 1. The highest BCUT2D eigenvalue weighted by atomic mass is 19.1. The molecule has 3 aliphatic rings. The zero-order chi connectivity index (χ0) is 21.3. The SMILES string of the molecule is COC(=O)C1=C(Nc2ccc(N3CCN4CCCC4C3)c(F)c2)C(=O)N(CCO)C1. The zero-order valence-corrected chi connectivity index (χ0v) is 17.1. The quantitative estimate of drug-likeness (QED) is 0.661. The Balaban J connectivity index is 1.52. The smallest absolute Gasteiger partial charge is 0.337 e. The van der Waals surface area contributed by atoms with Gasteiger partial charge in [0.05, 0.1) is 31.5 Å². The fourth-order valence-corrected chi connectivity index (χ4v) is 4.54. The van der Waals surface area contributed by atoms with Crippen LogP contribution in [0.5, 0.6) is 0 Å². The van der Waals surface area contributed by atoms with E-state index in [1.54, 1.807) is 12.1 Å². The number of fused-ring (bicyclic) bond motifs is 1. The molecule has 1 aromatic carbocycles. The van der Waals surface area contributed by atoms with E-state index in [9.17, 15) is 14.0 Å². The first-order valence-corrected chi connectivity index (χ1v) is 10.3. The molecule has 2 N–H and O–H groups in total. The van der Waals surface area contributed by atoms with Gasteiger partial charge in [-0.1, -0.05) is 0 Å². The molecular formula is C21H27FN4O4. The van der Waals surface area contributed by atoms with Crippen LogP contribution in [0.1, 0.15) is 12.8 Å². The molecule has 0 aliphatic carbocycles. The monoisotopic (exact) mass is 418 g/mol. The Bertz CT molecular complexity index is 875. The Morgan fingerprint density at radius 1 is 1.33 bits per heavy atom. The molecular weight excluding hydrogens is 391 g/mol. The number of esters is 1. The van der Waals surface area contributed by atoms with Gasteiger partial charge in [-0.15, -0.1) is 0 Å². The average Bonchev–Trinajstić information content (AvgIpc) is 3.33. The number of hydrogen-bond acceptors (Lipinski definition) is 7. The van der Waals surface area contributed by atoms with Crippen molar-refractivity contribution in [2.45, 2.75) is 18.9 Å². The molecule has 1 amide bonds. The van der Waals surface area contributed by atoms with E-state index in [1.165, 1.54) is 24.5 Å². The predicted molar refractivity (Wildman–Crippen MR) is 110 cm³/mol. The fraction of sp³-hybridized carbons (Fsp3) is 0.524. The van der Waals surface area contributed by atoms with Crippen LogP contribution in [0, 0.1) is 5.82 Å². The second kappa shape index (κ2) is 8.61. The number of hydrogen-bond donors (Lipinski definition) is 2. The predicted octanol–water partition coefficient (Wildman–Crippen LogP) is 0.784. The molecule has 1 atom stereocenters. The number of ether oxygens (including phenoxy) is 1. The normalized spacial score (nSPS) is 22.0. The topological polar surface area (TPSA) is 85.4 Å². The number of benzene rings is 1. The van der Waals surface area contributed by atoms with Crippen LogP contribution in [0.2, 0.25) is 0 Å². The van der Waals surface area contributed by atoms with Gasteiger partial charge in [-0.25, -0.2) is 9.18 Å². The van der Waals surface area contributed by atoms with Gasteiger partial charge in [0.2, 0.25) is 0 Å². The largest absolute Gasteiger partial charge is 0.466 e. The standard InChI is InChI=1S/C21H27FN4O4/c1-30-21(29)16-13-26(9-10-27)20(28)19(16)23-14-4-5-18(17(22)11-14)25-8-7-24-6-2-3-15(24)12-25/h4-5,11,15,23,27H,2-3,6-10,12-13H2,1H3. The maximum absolute atomic E-state index is 14.9. The number of piperazine rings is 1. The molecule has 0 bridgehead atoms. The lowest BCUT2D eigenvalue weighted by Gasteiger charge is -2.39. The number of nitrogens with zero attached hydrogens (tertiary/aromatic N) is 3. The number of nitrogens with one attached hydrogen (secondary N) is 1. The third-order valence-corrected chi connectivity index (χ3v) is 6.10. The van der Waals surface area contributed by atoms with Gasteiger partial charge in [-0.2, -0.15) is 0 Å². The lowest BCUT2D eigenvalue weighted by atomic mass is 10.1. The number of β-amino-alcohol motifs (C(OH)–C–C–N with tert-alkyl or cyclic N) is 1. The van der Waals surface area contributed by atoms with Crippen molar-refractivity contribution in [2.75, 3.05) is 63.2 Å². The van der Waals surface area contributed by atoms with E-state index in [0.717, 1.165) is 32.6 Å². The average molecular weight is 418 g/mol. The van der Waals surface area contributed by atoms with Crippen molar-refractivity contribution in [2.24, 2.45) is 0 Å². The molecule has 30 heavy (non-hydrogen) atoms. The summed E-state index contributed by atoms with van der Waals surface area (Å²) in [5, 5.41) is 12.0. The molecule has 3 heterocycles. The summed E-state index contributed by atoms with van der Waals surface area (Å²) >= 11 is 0. The van der Waals surface area contributed by atoms with Crippen LogP contribution in [0.3, 0.4) is 0 Å². The molecule has 9 heteroatoms. The minimum absolute atomic E-state index is 0.0423. The number of aliphatic hydroxyl groups is 1. The first-order chi connectivity index (χ1) is 14.5. The minimum atomic E-state index is -0.627. The molecule has 1 unspecified atom stereocenters. The van der Waals surface area contributed by atoms with Crippen LogP contribution >= 0.6 is 0 Å². The Hall–Kier alpha value is -2.65. The lowest BCUT2D eigenvalue weighted by Crippen LogP contribution is -2.50. The van der Waals surface area contributed by atoms with E-state index in [-0.39, 0.29) is 36.8 Å². The van der Waals surface area contributed by atoms with Gasteiger partial charge >= 0.3 is 5.97 Å². The summed E-state index contributed by atoms with van der Waals surface area (Å²) in [6, 6.07) is 5.26. The minimum Gasteiger partial charge on any atom is -0.466 e. The molecule has 0 saturated carbocycles. The van der Waals surface area contributed by atoms with Gasteiger partial charge in [0.25, 0.3) is 5.91 Å². The summed E-state index contributed by atoms with van der Waals surface area (Å²) in [6.45, 7) is 3.59. The number of amides is 1. The van der Waals surface area contributed by atoms with Crippen molar-refractivity contribution in [3.63, 3.8) is 0 Å². The number of carbonyl (C=O) groups is 2. The number of carbonyl (C=O) groups excluding carboxylic acids is 2. The molecule has 162 valence electrons. The lowest BCUT2D eigenvalue weighted by molar-refractivity contribution is -0.136. The van der Waals surface area contributed by atoms with Gasteiger partial charge in [0.15, 0.2) is 0 Å². The Labute approximate surface area is 174 Å². The first-order valence-electron chi connectivity index (χ1n) is 10.3. The molecule has 0 spiro atoms. The van der Waals surface area contributed by atoms with Crippen molar-refractivity contribution in [1.29, 1.82) is 0 Å². The number of methoxy groups -OCH3 is 1. The van der Waals surface area contributed by atoms with Gasteiger partial charge in [0, 0.05) is 37.9 Å². The van der Waals surface area contributed by atoms with Gasteiger partial charge in [0.1, 0.15) is 11.5 Å². The summed E-state index contributed by atoms with van der Waals surface area (Å²) in [5.41, 5.74) is 1.15. The van der Waals surface area contributed by atoms with Gasteiger partial charge < -0.3 is 25.0 Å². The molecule has 0 radical (unpaired) electrons. The summed E-state index contributed by atoms with van der Waals surface area (Å²) in [6.07, 6.45) is 2.34. The summed E-state index contributed by atoms with van der Waals surface area (Å²) in [4.78, 5) is 30.6. The molecule has 8 nitrogen and oxygen atoms in total. The molecule has 0 aromatic heterocycles. The highest BCUT2D eigenvalue weighted by molar-refractivity contribution is 6.08. The third kappa shape index (κ3) is 3.87. The molecule has 4 rings (SSSR count). The second-order valence-electron chi connectivity index (χ2n) is 7.86. The van der Waals surface area contributed by atoms with Crippen molar-refractivity contribution < 1.29 is 23.8 Å². The van der Waals surface area contributed by atoms with Crippen LogP contribution in [-0.2, 0) is 14.3 Å². The summed E-state index contributed by atoms with van der Waals surface area (Å²) in [7, 11) is 1.24. The Morgan fingerprint density at radius 3 is 2.90 bits per heavy atom. The van der Waals surface area contributed by atoms with Crippen molar-refractivity contribution >= 4 is 23.3 Å². The third-order valence-electron chi connectivity index (χ3n) is 6.10. The van der Waals surface area contributed by atoms with Crippen LogP contribution < -0.4 is 10.2 Å². The van der Waals surface area contributed by atoms with E-state index in [0.29, 0.717) is 17.4 Å². The molecule has 2 saturated heterocycles. The molecule has 1 aromatic rings. The maximum Gasteiger partial charge on any atom is 0.337 e. The van der Waals surface area contributed by atoms with Crippen molar-refractivity contribution in [3.05, 3.63) is 35.3 Å². The van der Waals surface area contributed by atoms with E-state index >= 15 is 0 Å². The first kappa shape index (κ1) is 20.6. The van der Waals surface area contributed by atoms with E-state index < -0.39 is 11.9 Å². The summed E-state index contributed by atoms with van der Waals surface area (Å²) < 4.78 is 19.7. The fourth-order valence-electron chi connectivity index (χ4n) is 4.54. The zero-order valence-electron chi connectivity index (χ0n) is 17.1. The Kier molecular flexibility index (Phi) is 5.92. The Morgan fingerprint density at radius 2 is 2.17 bits per heavy atom. The maximum atomic E-state index is 14.9. The van der Waals surface area contributed by atoms with Crippen LogP contribution in [0.25, 0.3) is 0 Å². The molecule has 2 fully saturated rings. The van der Waals surface area contributed by atoms with Crippen molar-refractivity contribution in [1.82, 2.24) is 9.80 Å². The van der Waals surface area contributed by atoms with E-state index in [1.807, 2.05) is 0 Å². The number of anilines is 2. The summed E-state index contributed by atoms with van der Waals surface area (Å²) in [5.74, 6) is -1.42. The molecule has 3 aliphatic heterocycles. The van der Waals surface area contributed by atoms with E-state index in [2.05, 4.69) is 15.1 Å². The number of aliphatic hydroxyl groups excluding tert-OH is 1. The van der Waals surface area contributed by atoms with Crippen molar-refractivity contribution in [3.8, 4) is 0 Å². The highest BCUT2D eigenvalue weighted by Gasteiger charge is 2.35. The van der Waals surface area contributed by atoms with Crippen LogP contribution in [0.15, 0.2) is 29.5 Å². The highest BCUT2D eigenvalue weighted by Crippen LogP contribution is 2.30. The second-order valence-corrected chi connectivity index (χ2v) is 7.86.